The number of aromatic hydroxyl groups is 1. The van der Waals surface area contributed by atoms with Crippen LogP contribution in [0.3, 0.4) is 0 Å². The molecule has 2 aromatic rings. The van der Waals surface area contributed by atoms with E-state index in [1.54, 1.807) is 0 Å². The molecule has 0 atom stereocenters. The molecule has 2 N–H and O–H groups in total. The lowest BCUT2D eigenvalue weighted by Crippen LogP contribution is -2.24. The lowest BCUT2D eigenvalue weighted by Gasteiger charge is -2.11. The molecule has 0 saturated carbocycles. The molecule has 1 aromatic carbocycles. The summed E-state index contributed by atoms with van der Waals surface area (Å²) in [6.45, 7) is 7.06. The fourth-order valence-corrected chi connectivity index (χ4v) is 1.97. The van der Waals surface area contributed by atoms with Gasteiger partial charge in [-0.2, -0.15) is 9.78 Å². The monoisotopic (exact) mass is 273 g/mol. The number of nitrogens with zero attached hydrogens (tertiary/aromatic N) is 2. The topological polar surface area (TPSA) is 67.2 Å². The molecule has 1 aromatic heterocycles. The summed E-state index contributed by atoms with van der Waals surface area (Å²) in [5.74, 6) is -0.0718. The first-order valence-corrected chi connectivity index (χ1v) is 6.63. The van der Waals surface area contributed by atoms with Crippen molar-refractivity contribution in [2.24, 2.45) is 0 Å². The van der Waals surface area contributed by atoms with E-state index in [2.05, 4.69) is 10.4 Å². The number of aromatic nitrogens is 2. The summed E-state index contributed by atoms with van der Waals surface area (Å²) in [7, 11) is 0. The summed E-state index contributed by atoms with van der Waals surface area (Å²) in [4.78, 5) is 12.1. The van der Waals surface area contributed by atoms with Gasteiger partial charge in [-0.3, -0.25) is 4.79 Å². The second-order valence-corrected chi connectivity index (χ2v) is 4.80. The van der Waals surface area contributed by atoms with Gasteiger partial charge in [0.2, 0.25) is 0 Å². The Bertz CT molecular complexity index is 677. The van der Waals surface area contributed by atoms with Crippen LogP contribution in [0.15, 0.2) is 29.1 Å². The molecule has 0 spiro atoms. The third-order valence-electron chi connectivity index (χ3n) is 3.12. The third kappa shape index (κ3) is 2.88. The molecule has 0 unspecified atom stereocenters. The normalized spacial score (nSPS) is 10.8. The molecular formula is C15H19N3O2. The van der Waals surface area contributed by atoms with E-state index in [0.717, 1.165) is 23.4 Å². The van der Waals surface area contributed by atoms with Gasteiger partial charge in [-0.25, -0.2) is 0 Å². The second-order valence-electron chi connectivity index (χ2n) is 4.80. The summed E-state index contributed by atoms with van der Waals surface area (Å²) in [6.07, 6.45) is 0. The Kier molecular flexibility index (Phi) is 4.20. The number of benzene rings is 1. The van der Waals surface area contributed by atoms with Gasteiger partial charge < -0.3 is 10.4 Å². The third-order valence-corrected chi connectivity index (χ3v) is 3.12. The number of hydrogen-bond acceptors (Lipinski definition) is 4. The average Bonchev–Trinajstić information content (AvgIpc) is 2.41. The van der Waals surface area contributed by atoms with Crippen LogP contribution in [-0.4, -0.2) is 21.4 Å². The van der Waals surface area contributed by atoms with Gasteiger partial charge in [0.1, 0.15) is 11.4 Å². The maximum Gasteiger partial charge on any atom is 0.275 e. The smallest absolute Gasteiger partial charge is 0.275 e. The van der Waals surface area contributed by atoms with E-state index in [1.165, 1.54) is 10.7 Å². The Balaban J connectivity index is 2.56. The van der Waals surface area contributed by atoms with Crippen LogP contribution in [0.5, 0.6) is 5.75 Å². The van der Waals surface area contributed by atoms with Crippen molar-refractivity contribution in [2.75, 3.05) is 6.54 Å². The number of rotatable bonds is 4. The molecule has 5 heteroatoms. The summed E-state index contributed by atoms with van der Waals surface area (Å²) in [5, 5.41) is 17.2. The molecule has 0 fully saturated rings. The highest BCUT2D eigenvalue weighted by atomic mass is 16.3. The minimum absolute atomic E-state index is 0.0718. The van der Waals surface area contributed by atoms with Gasteiger partial charge in [0.15, 0.2) is 0 Å². The summed E-state index contributed by atoms with van der Waals surface area (Å²) in [5.41, 5.74) is 2.89. The summed E-state index contributed by atoms with van der Waals surface area (Å²) < 4.78 is 1.34. The van der Waals surface area contributed by atoms with Crippen LogP contribution in [-0.2, 0) is 6.54 Å². The van der Waals surface area contributed by atoms with Crippen LogP contribution in [0.4, 0.5) is 0 Å². The molecule has 0 aliphatic rings. The zero-order chi connectivity index (χ0) is 14.7. The van der Waals surface area contributed by atoms with Gasteiger partial charge in [0.05, 0.1) is 5.69 Å². The van der Waals surface area contributed by atoms with E-state index in [4.69, 9.17) is 0 Å². The van der Waals surface area contributed by atoms with E-state index in [1.807, 2.05) is 39.0 Å². The highest BCUT2D eigenvalue weighted by Crippen LogP contribution is 2.16. The molecule has 0 saturated heterocycles. The maximum atomic E-state index is 12.1. The quantitative estimate of drug-likeness (QED) is 0.889. The van der Waals surface area contributed by atoms with Crippen molar-refractivity contribution in [3.63, 3.8) is 0 Å². The van der Waals surface area contributed by atoms with Gasteiger partial charge in [-0.15, -0.1) is 0 Å². The van der Waals surface area contributed by atoms with Gasteiger partial charge in [-0.05, 0) is 37.6 Å². The molecule has 1 heterocycles. The van der Waals surface area contributed by atoms with E-state index < -0.39 is 0 Å². The molecular weight excluding hydrogens is 254 g/mol. The zero-order valence-corrected chi connectivity index (χ0v) is 12.0. The Labute approximate surface area is 117 Å². The molecule has 0 aliphatic carbocycles. The Hall–Kier alpha value is -2.14. The molecule has 0 bridgehead atoms. The number of aryl methyl sites for hydroxylation is 2. The summed E-state index contributed by atoms with van der Waals surface area (Å²) >= 11 is 0. The molecule has 2 rings (SSSR count). The standard InChI is InChI=1S/C15H19N3O2/c1-4-16-9-12-14(19)8-15(20)18(17-12)13-7-10(2)5-6-11(13)3/h5-8,16,19H,4,9H2,1-3H3. The number of nitrogens with one attached hydrogen (secondary N) is 1. The fraction of sp³-hybridized carbons (Fsp3) is 0.333. The van der Waals surface area contributed by atoms with E-state index in [0.29, 0.717) is 12.2 Å². The van der Waals surface area contributed by atoms with Gasteiger partial charge in [-0.1, -0.05) is 19.1 Å². The minimum Gasteiger partial charge on any atom is -0.506 e. The van der Waals surface area contributed by atoms with Gasteiger partial charge >= 0.3 is 0 Å². The van der Waals surface area contributed by atoms with Crippen molar-refractivity contribution in [3.05, 3.63) is 51.4 Å². The highest BCUT2D eigenvalue weighted by molar-refractivity contribution is 5.43. The second kappa shape index (κ2) is 5.88. The van der Waals surface area contributed by atoms with Crippen molar-refractivity contribution >= 4 is 0 Å². The molecule has 106 valence electrons. The first kappa shape index (κ1) is 14.3. The van der Waals surface area contributed by atoms with Crippen LogP contribution in [0, 0.1) is 13.8 Å². The molecule has 0 aliphatic heterocycles. The van der Waals surface area contributed by atoms with Crippen molar-refractivity contribution in [1.29, 1.82) is 0 Å². The first-order chi connectivity index (χ1) is 9.52. The van der Waals surface area contributed by atoms with E-state index in [9.17, 15) is 9.90 Å². The van der Waals surface area contributed by atoms with Crippen LogP contribution >= 0.6 is 0 Å². The van der Waals surface area contributed by atoms with Crippen LogP contribution in [0.1, 0.15) is 23.7 Å². The zero-order valence-electron chi connectivity index (χ0n) is 12.0. The minimum atomic E-state index is -0.337. The van der Waals surface area contributed by atoms with E-state index in [-0.39, 0.29) is 11.3 Å². The van der Waals surface area contributed by atoms with Crippen molar-refractivity contribution < 1.29 is 5.11 Å². The van der Waals surface area contributed by atoms with Crippen molar-refractivity contribution in [3.8, 4) is 11.4 Å². The number of hydrogen-bond donors (Lipinski definition) is 2. The van der Waals surface area contributed by atoms with Crippen molar-refractivity contribution in [2.45, 2.75) is 27.3 Å². The molecule has 0 amide bonds. The van der Waals surface area contributed by atoms with Crippen LogP contribution in [0.2, 0.25) is 0 Å². The largest absolute Gasteiger partial charge is 0.506 e. The highest BCUT2D eigenvalue weighted by Gasteiger charge is 2.10. The van der Waals surface area contributed by atoms with Crippen LogP contribution in [0.25, 0.3) is 5.69 Å². The first-order valence-electron chi connectivity index (χ1n) is 6.63. The lowest BCUT2D eigenvalue weighted by molar-refractivity contribution is 0.452. The molecule has 0 radical (unpaired) electrons. The van der Waals surface area contributed by atoms with Crippen LogP contribution < -0.4 is 10.9 Å². The van der Waals surface area contributed by atoms with Crippen molar-refractivity contribution in [1.82, 2.24) is 15.1 Å². The fourth-order valence-electron chi connectivity index (χ4n) is 1.97. The Morgan fingerprint density at radius 2 is 2.05 bits per heavy atom. The van der Waals surface area contributed by atoms with Gasteiger partial charge in [0, 0.05) is 12.6 Å². The lowest BCUT2D eigenvalue weighted by atomic mass is 10.1. The maximum absolute atomic E-state index is 12.1. The average molecular weight is 273 g/mol. The molecule has 20 heavy (non-hydrogen) atoms. The van der Waals surface area contributed by atoms with Gasteiger partial charge in [0.25, 0.3) is 5.56 Å². The van der Waals surface area contributed by atoms with E-state index >= 15 is 0 Å². The Morgan fingerprint density at radius 1 is 1.30 bits per heavy atom. The molecule has 5 nitrogen and oxygen atoms in total. The SMILES string of the molecule is CCNCc1nn(-c2cc(C)ccc2C)c(=O)cc1O. The predicted molar refractivity (Wildman–Crippen MR) is 78.4 cm³/mol. The Morgan fingerprint density at radius 3 is 2.75 bits per heavy atom. The predicted octanol–water partition coefficient (Wildman–Crippen LogP) is 1.66. The summed E-state index contributed by atoms with van der Waals surface area (Å²) in [6, 6.07) is 7.07.